The van der Waals surface area contributed by atoms with E-state index in [1.165, 1.54) is 6.92 Å². The third-order valence-electron chi connectivity index (χ3n) is 4.52. The van der Waals surface area contributed by atoms with Crippen molar-refractivity contribution in [2.45, 2.75) is 32.7 Å². The summed E-state index contributed by atoms with van der Waals surface area (Å²) in [5, 5.41) is 5.81. The SMILES string of the molecule is CC(=O)c1cc(C(=O)N[C@@H](C)c2ccc3c(c2)CCC(=O)N3)n(C)c1. The molecule has 2 N–H and O–H groups in total. The summed E-state index contributed by atoms with van der Waals surface area (Å²) in [7, 11) is 1.74. The van der Waals surface area contributed by atoms with Crippen LogP contribution in [-0.4, -0.2) is 22.2 Å². The molecule has 25 heavy (non-hydrogen) atoms. The van der Waals surface area contributed by atoms with E-state index in [9.17, 15) is 14.4 Å². The number of Topliss-reactive ketones (excluding diaryl/α,β-unsaturated/α-hetero) is 1. The highest BCUT2D eigenvalue weighted by Crippen LogP contribution is 2.26. The molecule has 2 amide bonds. The van der Waals surface area contributed by atoms with Crippen LogP contribution in [0.25, 0.3) is 0 Å². The van der Waals surface area contributed by atoms with Gasteiger partial charge in [0.2, 0.25) is 5.91 Å². The van der Waals surface area contributed by atoms with Crippen molar-refractivity contribution in [3.63, 3.8) is 0 Å². The third kappa shape index (κ3) is 3.47. The number of aryl methyl sites for hydroxylation is 2. The fourth-order valence-corrected chi connectivity index (χ4v) is 3.01. The molecule has 1 aliphatic rings. The van der Waals surface area contributed by atoms with Gasteiger partial charge in [-0.25, -0.2) is 0 Å². The minimum Gasteiger partial charge on any atom is -0.346 e. The Kier molecular flexibility index (Phi) is 4.44. The molecule has 0 unspecified atom stereocenters. The lowest BCUT2D eigenvalue weighted by molar-refractivity contribution is -0.116. The predicted molar refractivity (Wildman–Crippen MR) is 94.7 cm³/mol. The van der Waals surface area contributed by atoms with Gasteiger partial charge in [0.15, 0.2) is 5.78 Å². The monoisotopic (exact) mass is 339 g/mol. The lowest BCUT2D eigenvalue weighted by Crippen LogP contribution is -2.28. The van der Waals surface area contributed by atoms with Crippen LogP contribution in [0.2, 0.25) is 0 Å². The Hall–Kier alpha value is -2.89. The Morgan fingerprint density at radius 1 is 1.24 bits per heavy atom. The van der Waals surface area contributed by atoms with E-state index in [2.05, 4.69) is 10.6 Å². The Labute approximate surface area is 146 Å². The van der Waals surface area contributed by atoms with Crippen LogP contribution < -0.4 is 10.6 Å². The molecule has 6 heteroatoms. The largest absolute Gasteiger partial charge is 0.346 e. The average molecular weight is 339 g/mol. The van der Waals surface area contributed by atoms with Gasteiger partial charge in [0, 0.05) is 30.9 Å². The molecular formula is C19H21N3O3. The number of ketones is 1. The second kappa shape index (κ2) is 6.55. The van der Waals surface area contributed by atoms with E-state index in [1.54, 1.807) is 23.9 Å². The second-order valence-corrected chi connectivity index (χ2v) is 6.44. The molecule has 2 heterocycles. The van der Waals surface area contributed by atoms with Crippen LogP contribution >= 0.6 is 0 Å². The van der Waals surface area contributed by atoms with E-state index in [0.29, 0.717) is 24.1 Å². The Morgan fingerprint density at radius 2 is 2.00 bits per heavy atom. The number of fused-ring (bicyclic) bond motifs is 1. The molecule has 0 saturated carbocycles. The van der Waals surface area contributed by atoms with E-state index in [4.69, 9.17) is 0 Å². The zero-order valence-electron chi connectivity index (χ0n) is 14.6. The molecule has 1 aliphatic heterocycles. The number of benzene rings is 1. The van der Waals surface area contributed by atoms with Crippen molar-refractivity contribution in [1.29, 1.82) is 0 Å². The molecule has 130 valence electrons. The number of nitrogens with one attached hydrogen (secondary N) is 2. The first-order valence-corrected chi connectivity index (χ1v) is 8.26. The van der Waals surface area contributed by atoms with Gasteiger partial charge in [0.1, 0.15) is 5.69 Å². The molecule has 0 saturated heterocycles. The molecule has 2 aromatic rings. The Bertz CT molecular complexity index is 867. The fraction of sp³-hybridized carbons (Fsp3) is 0.316. The van der Waals surface area contributed by atoms with Crippen molar-refractivity contribution in [3.8, 4) is 0 Å². The van der Waals surface area contributed by atoms with Gasteiger partial charge in [0.25, 0.3) is 5.91 Å². The zero-order valence-corrected chi connectivity index (χ0v) is 14.6. The van der Waals surface area contributed by atoms with E-state index in [-0.39, 0.29) is 23.6 Å². The van der Waals surface area contributed by atoms with Gasteiger partial charge in [-0.2, -0.15) is 0 Å². The van der Waals surface area contributed by atoms with Crippen LogP contribution in [0.1, 0.15) is 58.3 Å². The summed E-state index contributed by atoms with van der Waals surface area (Å²) < 4.78 is 1.65. The summed E-state index contributed by atoms with van der Waals surface area (Å²) in [5.41, 5.74) is 3.86. The number of carbonyl (C=O) groups excluding carboxylic acids is 3. The van der Waals surface area contributed by atoms with Crippen molar-refractivity contribution in [2.24, 2.45) is 7.05 Å². The fourth-order valence-electron chi connectivity index (χ4n) is 3.01. The number of hydrogen-bond donors (Lipinski definition) is 2. The van der Waals surface area contributed by atoms with Crippen molar-refractivity contribution < 1.29 is 14.4 Å². The molecule has 0 fully saturated rings. The molecule has 3 rings (SSSR count). The van der Waals surface area contributed by atoms with Crippen molar-refractivity contribution in [2.75, 3.05) is 5.32 Å². The average Bonchev–Trinajstić information content (AvgIpc) is 2.96. The van der Waals surface area contributed by atoms with Gasteiger partial charge < -0.3 is 15.2 Å². The zero-order chi connectivity index (χ0) is 18.1. The molecule has 0 radical (unpaired) electrons. The minimum atomic E-state index is -0.228. The van der Waals surface area contributed by atoms with Crippen LogP contribution in [0.15, 0.2) is 30.5 Å². The summed E-state index contributed by atoms with van der Waals surface area (Å²) in [4.78, 5) is 35.4. The molecule has 1 atom stereocenters. The van der Waals surface area contributed by atoms with Gasteiger partial charge >= 0.3 is 0 Å². The highest BCUT2D eigenvalue weighted by Gasteiger charge is 2.19. The van der Waals surface area contributed by atoms with E-state index in [1.807, 2.05) is 25.1 Å². The normalized spacial score (nSPS) is 14.4. The third-order valence-corrected chi connectivity index (χ3v) is 4.52. The maximum Gasteiger partial charge on any atom is 0.268 e. The van der Waals surface area contributed by atoms with Crippen LogP contribution in [0, 0.1) is 0 Å². The quantitative estimate of drug-likeness (QED) is 0.840. The van der Waals surface area contributed by atoms with Gasteiger partial charge in [0.05, 0.1) is 6.04 Å². The smallest absolute Gasteiger partial charge is 0.268 e. The van der Waals surface area contributed by atoms with Crippen LogP contribution in [0.5, 0.6) is 0 Å². The summed E-state index contributed by atoms with van der Waals surface area (Å²) in [5.74, 6) is -0.264. The van der Waals surface area contributed by atoms with Gasteiger partial charge in [-0.05, 0) is 43.5 Å². The topological polar surface area (TPSA) is 80.2 Å². The first-order chi connectivity index (χ1) is 11.8. The molecule has 1 aromatic carbocycles. The van der Waals surface area contributed by atoms with Gasteiger partial charge in [-0.15, -0.1) is 0 Å². The molecule has 0 spiro atoms. The van der Waals surface area contributed by atoms with Crippen LogP contribution in [-0.2, 0) is 18.3 Å². The van der Waals surface area contributed by atoms with Crippen molar-refractivity contribution >= 4 is 23.3 Å². The lowest BCUT2D eigenvalue weighted by Gasteiger charge is -2.20. The first kappa shape index (κ1) is 17.0. The van der Waals surface area contributed by atoms with Crippen molar-refractivity contribution in [3.05, 3.63) is 52.8 Å². The van der Waals surface area contributed by atoms with E-state index < -0.39 is 0 Å². The number of hydrogen-bond acceptors (Lipinski definition) is 3. The summed E-state index contributed by atoms with van der Waals surface area (Å²) >= 11 is 0. The number of rotatable bonds is 4. The highest BCUT2D eigenvalue weighted by atomic mass is 16.2. The molecule has 1 aromatic heterocycles. The Balaban J connectivity index is 1.76. The van der Waals surface area contributed by atoms with Gasteiger partial charge in [-0.3, -0.25) is 14.4 Å². The number of nitrogens with zero attached hydrogens (tertiary/aromatic N) is 1. The van der Waals surface area contributed by atoms with E-state index in [0.717, 1.165) is 16.8 Å². The number of amides is 2. The van der Waals surface area contributed by atoms with Crippen molar-refractivity contribution in [1.82, 2.24) is 9.88 Å². The molecule has 0 bridgehead atoms. The van der Waals surface area contributed by atoms with E-state index >= 15 is 0 Å². The molecule has 6 nitrogen and oxygen atoms in total. The highest BCUT2D eigenvalue weighted by molar-refractivity contribution is 5.99. The summed E-state index contributed by atoms with van der Waals surface area (Å²) in [6.07, 6.45) is 2.84. The number of anilines is 1. The van der Waals surface area contributed by atoms with Crippen LogP contribution in [0.3, 0.4) is 0 Å². The Morgan fingerprint density at radius 3 is 2.68 bits per heavy atom. The number of aromatic nitrogens is 1. The summed E-state index contributed by atoms with van der Waals surface area (Å²) in [6.45, 7) is 3.39. The maximum absolute atomic E-state index is 12.5. The lowest BCUT2D eigenvalue weighted by atomic mass is 9.98. The second-order valence-electron chi connectivity index (χ2n) is 6.44. The predicted octanol–water partition coefficient (Wildman–Crippen LogP) is 2.60. The molecular weight excluding hydrogens is 318 g/mol. The first-order valence-electron chi connectivity index (χ1n) is 8.26. The summed E-state index contributed by atoms with van der Waals surface area (Å²) in [6, 6.07) is 7.21. The van der Waals surface area contributed by atoms with Gasteiger partial charge in [-0.1, -0.05) is 12.1 Å². The molecule has 0 aliphatic carbocycles. The number of carbonyl (C=O) groups is 3. The maximum atomic E-state index is 12.5. The van der Waals surface area contributed by atoms with Crippen LogP contribution in [0.4, 0.5) is 5.69 Å². The standard InChI is InChI=1S/C19H21N3O3/c1-11(13-4-6-16-14(8-13)5-7-18(24)21-16)20-19(25)17-9-15(12(2)23)10-22(17)3/h4,6,8-11H,5,7H2,1-3H3,(H,20,25)(H,21,24)/t11-/m0/s1. The minimum absolute atomic E-state index is 0.0339.